The van der Waals surface area contributed by atoms with Crippen LogP contribution >= 0.6 is 0 Å². The minimum atomic E-state index is 0.142. The summed E-state index contributed by atoms with van der Waals surface area (Å²) in [4.78, 5) is 21.8. The van der Waals surface area contributed by atoms with Crippen LogP contribution < -0.4 is 0 Å². The summed E-state index contributed by atoms with van der Waals surface area (Å²) < 4.78 is 2.24. The van der Waals surface area contributed by atoms with Crippen LogP contribution in [0.15, 0.2) is 54.9 Å². The number of hydrogen-bond donors (Lipinski definition) is 0. The first kappa shape index (κ1) is 18.7. The van der Waals surface area contributed by atoms with E-state index in [0.29, 0.717) is 6.04 Å². The van der Waals surface area contributed by atoms with E-state index in [1.807, 2.05) is 35.4 Å². The number of rotatable bonds is 5. The molecule has 1 amide bonds. The first-order valence-electron chi connectivity index (χ1n) is 10.1. The Morgan fingerprint density at radius 1 is 1.07 bits per heavy atom. The summed E-state index contributed by atoms with van der Waals surface area (Å²) in [6, 6.07) is 14.6. The second-order valence-electron chi connectivity index (χ2n) is 7.80. The number of piperazine rings is 1. The second kappa shape index (κ2) is 8.15. The number of amides is 1. The highest BCUT2D eigenvalue weighted by Gasteiger charge is 2.22. The number of nitrogens with zero attached hydrogens (tertiary/aromatic N) is 4. The number of carbonyl (C=O) groups is 1. The monoisotopic (exact) mass is 376 g/mol. The number of carbonyl (C=O) groups excluding carboxylic acids is 1. The molecule has 1 aromatic carbocycles. The van der Waals surface area contributed by atoms with Crippen LogP contribution in [0.25, 0.3) is 10.9 Å². The molecule has 0 bridgehead atoms. The van der Waals surface area contributed by atoms with Gasteiger partial charge in [-0.05, 0) is 50.2 Å². The van der Waals surface area contributed by atoms with Crippen molar-refractivity contribution in [3.8, 4) is 0 Å². The lowest BCUT2D eigenvalue weighted by molar-refractivity contribution is 0.0638. The van der Waals surface area contributed by atoms with Crippen molar-refractivity contribution in [2.75, 3.05) is 32.7 Å². The van der Waals surface area contributed by atoms with Crippen LogP contribution in [-0.4, -0.2) is 58.0 Å². The molecule has 0 saturated carbocycles. The highest BCUT2D eigenvalue weighted by atomic mass is 16.2. The quantitative estimate of drug-likeness (QED) is 0.683. The van der Waals surface area contributed by atoms with Crippen LogP contribution in [0, 0.1) is 0 Å². The van der Waals surface area contributed by atoms with Crippen LogP contribution in [0.1, 0.15) is 35.9 Å². The summed E-state index contributed by atoms with van der Waals surface area (Å²) in [5.41, 5.74) is 3.10. The number of aromatic nitrogens is 2. The number of hydrogen-bond acceptors (Lipinski definition) is 3. The summed E-state index contributed by atoms with van der Waals surface area (Å²) in [6.45, 7) is 8.75. The van der Waals surface area contributed by atoms with Gasteiger partial charge < -0.3 is 9.47 Å². The summed E-state index contributed by atoms with van der Waals surface area (Å²) in [5, 5.41) is 1.13. The molecule has 3 heterocycles. The second-order valence-corrected chi connectivity index (χ2v) is 7.80. The maximum atomic E-state index is 13.0. The fourth-order valence-electron chi connectivity index (χ4n) is 3.92. The Morgan fingerprint density at radius 2 is 1.89 bits per heavy atom. The maximum absolute atomic E-state index is 13.0. The maximum Gasteiger partial charge on any atom is 0.253 e. The lowest BCUT2D eigenvalue weighted by Crippen LogP contribution is -2.49. The van der Waals surface area contributed by atoms with E-state index in [0.717, 1.165) is 55.8 Å². The lowest BCUT2D eigenvalue weighted by Gasteiger charge is -2.34. The standard InChI is InChI=1S/C23H28N4O/c1-18(2)27-12-8-19-17-20(6-7-22(19)27)23(28)26-15-13-25(14-16-26)11-9-21-5-3-4-10-24-21/h3-8,10,12,17-18H,9,11,13-16H2,1-2H3. The number of pyridine rings is 1. The molecular formula is C23H28N4O. The molecule has 0 radical (unpaired) electrons. The Kier molecular flexibility index (Phi) is 5.44. The molecule has 5 heteroatoms. The van der Waals surface area contributed by atoms with Gasteiger partial charge in [0, 0.05) is 79.7 Å². The Bertz CT molecular complexity index is 940. The molecule has 0 atom stereocenters. The molecule has 4 rings (SSSR count). The molecule has 5 nitrogen and oxygen atoms in total. The molecule has 28 heavy (non-hydrogen) atoms. The Balaban J connectivity index is 1.35. The van der Waals surface area contributed by atoms with Crippen LogP contribution in [0.2, 0.25) is 0 Å². The topological polar surface area (TPSA) is 41.4 Å². The van der Waals surface area contributed by atoms with Crippen molar-refractivity contribution in [3.05, 3.63) is 66.1 Å². The smallest absolute Gasteiger partial charge is 0.253 e. The van der Waals surface area contributed by atoms with Crippen LogP contribution in [0.4, 0.5) is 0 Å². The van der Waals surface area contributed by atoms with Gasteiger partial charge in [0.2, 0.25) is 0 Å². The Labute approximate surface area is 166 Å². The van der Waals surface area contributed by atoms with Gasteiger partial charge in [-0.1, -0.05) is 6.07 Å². The molecule has 1 aliphatic rings. The molecule has 146 valence electrons. The molecule has 3 aromatic rings. The normalized spacial score (nSPS) is 15.5. The minimum absolute atomic E-state index is 0.142. The predicted octanol–water partition coefficient (Wildman–Crippen LogP) is 3.62. The zero-order valence-corrected chi connectivity index (χ0v) is 16.7. The first-order valence-corrected chi connectivity index (χ1v) is 10.1. The van der Waals surface area contributed by atoms with Gasteiger partial charge in [-0.25, -0.2) is 0 Å². The third-order valence-corrected chi connectivity index (χ3v) is 5.59. The van der Waals surface area contributed by atoms with Gasteiger partial charge in [-0.3, -0.25) is 14.7 Å². The van der Waals surface area contributed by atoms with Crippen molar-refractivity contribution in [3.63, 3.8) is 0 Å². The third-order valence-electron chi connectivity index (χ3n) is 5.59. The highest BCUT2D eigenvalue weighted by molar-refractivity contribution is 5.98. The average Bonchev–Trinajstić information content (AvgIpc) is 3.16. The van der Waals surface area contributed by atoms with Gasteiger partial charge in [-0.15, -0.1) is 0 Å². The van der Waals surface area contributed by atoms with Gasteiger partial charge in [0.15, 0.2) is 0 Å². The summed E-state index contributed by atoms with van der Waals surface area (Å²) in [5.74, 6) is 0.142. The molecular weight excluding hydrogens is 348 g/mol. The summed E-state index contributed by atoms with van der Waals surface area (Å²) in [6.07, 6.45) is 4.90. The fraction of sp³-hybridized carbons (Fsp3) is 0.391. The van der Waals surface area contributed by atoms with Crippen molar-refractivity contribution in [1.82, 2.24) is 19.4 Å². The van der Waals surface area contributed by atoms with E-state index >= 15 is 0 Å². The van der Waals surface area contributed by atoms with Crippen molar-refractivity contribution in [1.29, 1.82) is 0 Å². The van der Waals surface area contributed by atoms with Gasteiger partial charge in [0.1, 0.15) is 0 Å². The van der Waals surface area contributed by atoms with Crippen LogP contribution in [-0.2, 0) is 6.42 Å². The zero-order chi connectivity index (χ0) is 19.5. The summed E-state index contributed by atoms with van der Waals surface area (Å²) >= 11 is 0. The van der Waals surface area contributed by atoms with Gasteiger partial charge >= 0.3 is 0 Å². The minimum Gasteiger partial charge on any atom is -0.345 e. The molecule has 0 spiro atoms. The molecule has 2 aromatic heterocycles. The molecule has 0 unspecified atom stereocenters. The first-order chi connectivity index (χ1) is 13.6. The van der Waals surface area contributed by atoms with Crippen LogP contribution in [0.3, 0.4) is 0 Å². The van der Waals surface area contributed by atoms with Gasteiger partial charge in [0.25, 0.3) is 5.91 Å². The third kappa shape index (κ3) is 3.94. The van der Waals surface area contributed by atoms with E-state index in [-0.39, 0.29) is 5.91 Å². The summed E-state index contributed by atoms with van der Waals surface area (Å²) in [7, 11) is 0. The van der Waals surface area contributed by atoms with Crippen molar-refractivity contribution < 1.29 is 4.79 Å². The van der Waals surface area contributed by atoms with Crippen molar-refractivity contribution in [2.45, 2.75) is 26.3 Å². The largest absolute Gasteiger partial charge is 0.345 e. The number of benzene rings is 1. The van der Waals surface area contributed by atoms with E-state index < -0.39 is 0 Å². The van der Waals surface area contributed by atoms with Crippen LogP contribution in [0.5, 0.6) is 0 Å². The molecule has 1 fully saturated rings. The van der Waals surface area contributed by atoms with E-state index in [4.69, 9.17) is 0 Å². The predicted molar refractivity (Wildman–Crippen MR) is 113 cm³/mol. The number of fused-ring (bicyclic) bond motifs is 1. The molecule has 1 aliphatic heterocycles. The van der Waals surface area contributed by atoms with Crippen molar-refractivity contribution >= 4 is 16.8 Å². The fourth-order valence-corrected chi connectivity index (χ4v) is 3.92. The van der Waals surface area contributed by atoms with Gasteiger partial charge in [0.05, 0.1) is 0 Å². The van der Waals surface area contributed by atoms with E-state index in [1.54, 1.807) is 0 Å². The average molecular weight is 377 g/mol. The van der Waals surface area contributed by atoms with E-state index in [9.17, 15) is 4.79 Å². The van der Waals surface area contributed by atoms with E-state index in [2.05, 4.69) is 52.7 Å². The molecule has 0 N–H and O–H groups in total. The van der Waals surface area contributed by atoms with Gasteiger partial charge in [-0.2, -0.15) is 0 Å². The molecule has 0 aliphatic carbocycles. The highest BCUT2D eigenvalue weighted by Crippen LogP contribution is 2.22. The van der Waals surface area contributed by atoms with Crippen molar-refractivity contribution in [2.24, 2.45) is 0 Å². The zero-order valence-electron chi connectivity index (χ0n) is 16.7. The lowest BCUT2D eigenvalue weighted by atomic mass is 10.1. The SMILES string of the molecule is CC(C)n1ccc2cc(C(=O)N3CCN(CCc4ccccn4)CC3)ccc21. The Morgan fingerprint density at radius 3 is 2.61 bits per heavy atom. The molecule has 1 saturated heterocycles. The Hall–Kier alpha value is -2.66. The van der Waals surface area contributed by atoms with E-state index in [1.165, 1.54) is 5.52 Å².